The molecule has 0 radical (unpaired) electrons. The van der Waals surface area contributed by atoms with Gasteiger partial charge in [-0.25, -0.2) is 22.5 Å². The number of aliphatic hydroxyl groups is 1. The van der Waals surface area contributed by atoms with Crippen LogP contribution in [0, 0.1) is 29.4 Å². The summed E-state index contributed by atoms with van der Waals surface area (Å²) in [6.45, 7) is 2.10. The van der Waals surface area contributed by atoms with Crippen molar-refractivity contribution < 1.29 is 36.2 Å². The maximum Gasteiger partial charge on any atom is 0.293 e. The first-order valence-corrected chi connectivity index (χ1v) is 16.3. The fourth-order valence-corrected chi connectivity index (χ4v) is 7.06. The lowest BCUT2D eigenvalue weighted by atomic mass is 9.93. The second-order valence-corrected chi connectivity index (χ2v) is 13.8. The predicted octanol–water partition coefficient (Wildman–Crippen LogP) is 7.13. The summed E-state index contributed by atoms with van der Waals surface area (Å²) in [4.78, 5) is 18.5. The summed E-state index contributed by atoms with van der Waals surface area (Å²) in [5.74, 6) is -2.53. The fourth-order valence-electron chi connectivity index (χ4n) is 6.86. The fraction of sp³-hybridized carbons (Fsp3) is 0.333. The van der Waals surface area contributed by atoms with E-state index in [-0.39, 0.29) is 35.4 Å². The molecule has 2 aliphatic rings. The molecule has 0 aliphatic heterocycles. The van der Waals surface area contributed by atoms with E-state index in [0.717, 1.165) is 12.1 Å². The number of aromatic nitrogens is 5. The Hall–Kier alpha value is -4.87. The smallest absolute Gasteiger partial charge is 0.293 e. The van der Waals surface area contributed by atoms with E-state index < -0.39 is 71.3 Å². The van der Waals surface area contributed by atoms with Gasteiger partial charge in [-0.2, -0.15) is 19.0 Å². The van der Waals surface area contributed by atoms with Gasteiger partial charge >= 0.3 is 0 Å². The molecule has 5 aromatic rings. The average Bonchev–Trinajstić information content (AvgIpc) is 3.53. The summed E-state index contributed by atoms with van der Waals surface area (Å²) in [6.07, 6.45) is -1.75. The van der Waals surface area contributed by atoms with Gasteiger partial charge < -0.3 is 10.4 Å². The number of nitrogens with one attached hydrogen (secondary N) is 1. The van der Waals surface area contributed by atoms with Crippen molar-refractivity contribution in [2.24, 2.45) is 13.0 Å². The van der Waals surface area contributed by atoms with Crippen molar-refractivity contribution in [3.05, 3.63) is 99.2 Å². The third-order valence-electron chi connectivity index (χ3n) is 9.05. The number of carbonyl (C=O) groups is 1. The van der Waals surface area contributed by atoms with Gasteiger partial charge in [-0.1, -0.05) is 23.6 Å². The van der Waals surface area contributed by atoms with Gasteiger partial charge in [-0.3, -0.25) is 14.2 Å². The Morgan fingerprint density at radius 1 is 1.12 bits per heavy atom. The van der Waals surface area contributed by atoms with Gasteiger partial charge in [0.1, 0.15) is 40.9 Å². The average molecular weight is 727 g/mol. The first kappa shape index (κ1) is 34.6. The highest BCUT2D eigenvalue weighted by Gasteiger charge is 2.67. The molecule has 264 valence electrons. The lowest BCUT2D eigenvalue weighted by Crippen LogP contribution is -2.35. The highest BCUT2D eigenvalue weighted by molar-refractivity contribution is 6.35. The van der Waals surface area contributed by atoms with Gasteiger partial charge in [-0.05, 0) is 74.4 Å². The molecule has 1 fully saturated rings. The van der Waals surface area contributed by atoms with Crippen LogP contribution in [0.5, 0.6) is 0 Å². The molecule has 15 heteroatoms. The number of aryl methyl sites for hydroxylation is 1. The predicted molar refractivity (Wildman–Crippen MR) is 175 cm³/mol. The quantitative estimate of drug-likeness (QED) is 0.131. The largest absolute Gasteiger partial charge is 0.378 e. The van der Waals surface area contributed by atoms with Crippen LogP contribution in [0.1, 0.15) is 72.6 Å². The monoisotopic (exact) mass is 726 g/mol. The molecule has 1 unspecified atom stereocenters. The zero-order valence-corrected chi connectivity index (χ0v) is 28.0. The number of hydrogen-bond donors (Lipinski definition) is 2. The van der Waals surface area contributed by atoms with Crippen molar-refractivity contribution >= 4 is 28.4 Å². The van der Waals surface area contributed by atoms with Crippen LogP contribution >= 0.6 is 11.6 Å². The van der Waals surface area contributed by atoms with Crippen LogP contribution in [0.25, 0.3) is 22.0 Å². The molecule has 3 heterocycles. The molecule has 3 atom stereocenters. The van der Waals surface area contributed by atoms with Crippen LogP contribution in [0.2, 0.25) is 5.02 Å². The Morgan fingerprint density at radius 3 is 2.51 bits per heavy atom. The number of hydrogen-bond acceptors (Lipinski definition) is 5. The number of halogens is 7. The number of pyridine rings is 1. The van der Waals surface area contributed by atoms with Crippen molar-refractivity contribution in [1.82, 2.24) is 29.9 Å². The Labute approximate surface area is 292 Å². The molecular formula is C36H29ClF6N6O2. The second kappa shape index (κ2) is 12.4. The normalized spacial score (nSPS) is 18.0. The number of carbonyl (C=O) groups excluding carboxylic acids is 1. The topological polar surface area (TPSA) is 97.9 Å². The number of rotatable bonds is 8. The van der Waals surface area contributed by atoms with Crippen LogP contribution in [-0.4, -0.2) is 41.2 Å². The lowest BCUT2D eigenvalue weighted by Gasteiger charge is -2.23. The molecule has 7 rings (SSSR count). The summed E-state index contributed by atoms with van der Waals surface area (Å²) in [6, 6.07) is 8.25. The van der Waals surface area contributed by atoms with Gasteiger partial charge in [0.25, 0.3) is 12.3 Å². The van der Waals surface area contributed by atoms with E-state index in [1.807, 2.05) is 0 Å². The van der Waals surface area contributed by atoms with Gasteiger partial charge in [0, 0.05) is 41.1 Å². The molecule has 0 bridgehead atoms. The lowest BCUT2D eigenvalue weighted by molar-refractivity contribution is -0.123. The second-order valence-electron chi connectivity index (χ2n) is 13.3. The van der Waals surface area contributed by atoms with E-state index in [1.165, 1.54) is 13.8 Å². The summed E-state index contributed by atoms with van der Waals surface area (Å²) in [5, 5.41) is 22.1. The third kappa shape index (κ3) is 6.45. The van der Waals surface area contributed by atoms with Crippen molar-refractivity contribution in [3.63, 3.8) is 0 Å². The zero-order valence-electron chi connectivity index (χ0n) is 27.3. The van der Waals surface area contributed by atoms with Crippen molar-refractivity contribution in [3.8, 4) is 23.0 Å². The molecule has 2 aliphatic carbocycles. The zero-order chi connectivity index (χ0) is 36.6. The van der Waals surface area contributed by atoms with Crippen LogP contribution in [0.15, 0.2) is 48.7 Å². The Morgan fingerprint density at radius 2 is 1.82 bits per heavy atom. The number of benzene rings is 2. The van der Waals surface area contributed by atoms with E-state index in [0.29, 0.717) is 37.8 Å². The van der Waals surface area contributed by atoms with Crippen LogP contribution in [0.3, 0.4) is 0 Å². The molecule has 0 saturated heterocycles. The van der Waals surface area contributed by atoms with E-state index in [9.17, 15) is 27.5 Å². The summed E-state index contributed by atoms with van der Waals surface area (Å²) < 4.78 is 89.5. The molecule has 51 heavy (non-hydrogen) atoms. The third-order valence-corrected chi connectivity index (χ3v) is 9.38. The maximum atomic E-state index is 15.3. The van der Waals surface area contributed by atoms with Gasteiger partial charge in [0.05, 0.1) is 28.5 Å². The van der Waals surface area contributed by atoms with Crippen LogP contribution < -0.4 is 5.32 Å². The number of nitrogens with zero attached hydrogens (tertiary/aromatic N) is 5. The van der Waals surface area contributed by atoms with Crippen LogP contribution in [-0.2, 0) is 30.7 Å². The molecule has 0 spiro atoms. The number of fused-ring (bicyclic) bond motifs is 4. The van der Waals surface area contributed by atoms with E-state index >= 15 is 8.78 Å². The molecule has 2 N–H and O–H groups in total. The maximum absolute atomic E-state index is 15.3. The number of amides is 1. The highest BCUT2D eigenvalue weighted by atomic mass is 35.5. The van der Waals surface area contributed by atoms with Crippen LogP contribution in [0.4, 0.5) is 26.3 Å². The minimum Gasteiger partial charge on any atom is -0.378 e. The molecule has 1 amide bonds. The minimum absolute atomic E-state index is 0.0552. The number of alkyl halides is 4. The molecule has 8 nitrogen and oxygen atoms in total. The first-order chi connectivity index (χ1) is 24.0. The van der Waals surface area contributed by atoms with Gasteiger partial charge in [0.2, 0.25) is 5.91 Å². The molecule has 1 saturated carbocycles. The van der Waals surface area contributed by atoms with E-state index in [1.54, 1.807) is 42.2 Å². The molecule has 3 aromatic heterocycles. The first-order valence-electron chi connectivity index (χ1n) is 15.9. The van der Waals surface area contributed by atoms with Crippen molar-refractivity contribution in [2.75, 3.05) is 0 Å². The van der Waals surface area contributed by atoms with E-state index in [2.05, 4.69) is 27.4 Å². The Bertz CT molecular complexity index is 2270. The Kier molecular flexibility index (Phi) is 8.42. The molecular weight excluding hydrogens is 698 g/mol. The summed E-state index contributed by atoms with van der Waals surface area (Å²) in [5.41, 5.74) is -1.07. The standard InChI is InChI=1S/C36H29ClF6N6O2/c1-35(2,51)9-8-20-4-5-21(22-6-7-26(37)24-15-44-48(3)32(22)24)30(45-20)27(12-17-10-18(38)13-19(39)11-17)46-28(50)16-49-33-29(31(47-49)34(40)41)23-14-25(23)36(33,42)43/h4-7,10-11,13,15,23,25,27,34,51H,12,14,16H2,1-3H3,(H,46,50)/t23-,25?,27-/m0/s1. The molecule has 2 aromatic carbocycles. The minimum atomic E-state index is -3.45. The van der Waals surface area contributed by atoms with E-state index in [4.69, 9.17) is 16.6 Å². The van der Waals surface area contributed by atoms with Crippen molar-refractivity contribution in [1.29, 1.82) is 0 Å². The summed E-state index contributed by atoms with van der Waals surface area (Å²) >= 11 is 6.47. The van der Waals surface area contributed by atoms with Crippen molar-refractivity contribution in [2.45, 2.75) is 63.1 Å². The Balaban J connectivity index is 1.35. The SMILES string of the molecule is Cn1ncc2c(Cl)ccc(-c3ccc(C#CC(C)(C)O)nc3[C@H](Cc3cc(F)cc(F)c3)NC(=O)Cn3nc(C(F)F)c4c3C(F)(F)C3C[C@H]43)c21. The van der Waals surface area contributed by atoms with Gasteiger partial charge in [0.15, 0.2) is 0 Å². The highest BCUT2D eigenvalue weighted by Crippen LogP contribution is 2.68. The summed E-state index contributed by atoms with van der Waals surface area (Å²) in [7, 11) is 1.70. The van der Waals surface area contributed by atoms with Gasteiger partial charge in [-0.15, -0.1) is 0 Å².